The zero-order valence-electron chi connectivity index (χ0n) is 26.1. The van der Waals surface area contributed by atoms with E-state index in [1.54, 1.807) is 27.9 Å². The number of amides is 4. The Labute approximate surface area is 255 Å². The van der Waals surface area contributed by atoms with Crippen LogP contribution in [0.25, 0.3) is 0 Å². The molecule has 2 unspecified atom stereocenters. The molecule has 1 saturated heterocycles. The van der Waals surface area contributed by atoms with Gasteiger partial charge in [0.1, 0.15) is 23.9 Å². The van der Waals surface area contributed by atoms with E-state index in [2.05, 4.69) is 29.1 Å². The number of ether oxygens (including phenoxy) is 2. The molecular formula is C31H50N4O6S. The number of rotatable bonds is 14. The minimum atomic E-state index is -0.657. The highest BCUT2D eigenvalue weighted by molar-refractivity contribution is 7.98. The molecule has 42 heavy (non-hydrogen) atoms. The van der Waals surface area contributed by atoms with Crippen LogP contribution in [0.4, 0.5) is 4.79 Å². The second-order valence-electron chi connectivity index (χ2n) is 11.2. The van der Waals surface area contributed by atoms with Gasteiger partial charge < -0.3 is 25.4 Å². The zero-order chi connectivity index (χ0) is 31.5. The third-order valence-electron chi connectivity index (χ3n) is 6.37. The fourth-order valence-corrected chi connectivity index (χ4v) is 4.70. The maximum Gasteiger partial charge on any atom is 0.408 e. The van der Waals surface area contributed by atoms with Gasteiger partial charge in [-0.15, -0.1) is 0 Å². The average Bonchev–Trinajstić information content (AvgIpc) is 3.44. The Kier molecular flexibility index (Phi) is 17.4. The Morgan fingerprint density at radius 3 is 2.38 bits per heavy atom. The zero-order valence-corrected chi connectivity index (χ0v) is 26.9. The lowest BCUT2D eigenvalue weighted by atomic mass is 10.0. The second-order valence-corrected chi connectivity index (χ2v) is 12.1. The Morgan fingerprint density at radius 2 is 1.79 bits per heavy atom. The first-order valence-corrected chi connectivity index (χ1v) is 15.5. The number of carbonyl (C=O) groups excluding carboxylic acids is 4. The molecule has 11 heteroatoms. The van der Waals surface area contributed by atoms with Gasteiger partial charge >= 0.3 is 6.09 Å². The van der Waals surface area contributed by atoms with Crippen LogP contribution in [0.2, 0.25) is 0 Å². The lowest BCUT2D eigenvalue weighted by Gasteiger charge is -2.23. The van der Waals surface area contributed by atoms with E-state index in [-0.39, 0.29) is 24.3 Å². The SMILES string of the molecule is CC(C)(C)OC(=O)NCC(=O)N1CCCC1C(N)=O.CCCCC/C=C\CCC(C)C(=O)NSc1ccc(OC)cc1. The molecule has 0 saturated carbocycles. The molecule has 2 rings (SSSR count). The molecule has 1 aliphatic rings. The smallest absolute Gasteiger partial charge is 0.408 e. The van der Waals surface area contributed by atoms with Gasteiger partial charge in [0.05, 0.1) is 7.11 Å². The number of nitrogens with two attached hydrogens (primary N) is 1. The average molecular weight is 607 g/mol. The van der Waals surface area contributed by atoms with E-state index in [0.717, 1.165) is 36.3 Å². The molecule has 4 N–H and O–H groups in total. The van der Waals surface area contributed by atoms with Crippen molar-refractivity contribution in [3.63, 3.8) is 0 Å². The van der Waals surface area contributed by atoms with Gasteiger partial charge in [0, 0.05) is 17.4 Å². The van der Waals surface area contributed by atoms with Gasteiger partial charge in [-0.3, -0.25) is 19.1 Å². The van der Waals surface area contributed by atoms with Crippen LogP contribution >= 0.6 is 11.9 Å². The number of likely N-dealkylation sites (tertiary alicyclic amines) is 1. The second kappa shape index (κ2) is 19.8. The molecule has 0 spiro atoms. The summed E-state index contributed by atoms with van der Waals surface area (Å²) in [7, 11) is 1.64. The van der Waals surface area contributed by atoms with Crippen molar-refractivity contribution in [2.24, 2.45) is 11.7 Å². The molecule has 0 aliphatic carbocycles. The lowest BCUT2D eigenvalue weighted by molar-refractivity contribution is -0.136. The van der Waals surface area contributed by atoms with E-state index in [9.17, 15) is 19.2 Å². The molecule has 1 aromatic carbocycles. The largest absolute Gasteiger partial charge is 0.497 e. The molecule has 1 aromatic rings. The number of nitrogens with zero attached hydrogens (tertiary/aromatic N) is 1. The number of alkyl carbamates (subject to hydrolysis) is 1. The highest BCUT2D eigenvalue weighted by Crippen LogP contribution is 2.20. The Bertz CT molecular complexity index is 1010. The normalized spacial score (nSPS) is 15.4. The third-order valence-corrected chi connectivity index (χ3v) is 7.18. The summed E-state index contributed by atoms with van der Waals surface area (Å²) in [5.74, 6) is 0.0984. The highest BCUT2D eigenvalue weighted by Gasteiger charge is 2.32. The molecule has 236 valence electrons. The van der Waals surface area contributed by atoms with Gasteiger partial charge in [-0.25, -0.2) is 4.79 Å². The molecule has 10 nitrogen and oxygen atoms in total. The number of nitrogens with one attached hydrogen (secondary N) is 2. The number of hydrogen-bond acceptors (Lipinski definition) is 7. The van der Waals surface area contributed by atoms with Crippen molar-refractivity contribution in [2.75, 3.05) is 20.2 Å². The molecule has 1 fully saturated rings. The summed E-state index contributed by atoms with van der Waals surface area (Å²) in [6.07, 6.45) is 11.9. The maximum absolute atomic E-state index is 12.1. The fourth-order valence-electron chi connectivity index (χ4n) is 4.00. The van der Waals surface area contributed by atoms with Crippen molar-refractivity contribution >= 4 is 35.8 Å². The molecular weight excluding hydrogens is 556 g/mol. The minimum Gasteiger partial charge on any atom is -0.497 e. The van der Waals surface area contributed by atoms with Crippen LogP contribution in [0, 0.1) is 5.92 Å². The molecule has 0 bridgehead atoms. The van der Waals surface area contributed by atoms with E-state index in [0.29, 0.717) is 13.0 Å². The minimum absolute atomic E-state index is 0.0287. The van der Waals surface area contributed by atoms with Gasteiger partial charge in [0.25, 0.3) is 0 Å². The fraction of sp³-hybridized carbons (Fsp3) is 0.613. The Morgan fingerprint density at radius 1 is 1.12 bits per heavy atom. The van der Waals surface area contributed by atoms with E-state index in [1.165, 1.54) is 36.1 Å². The monoisotopic (exact) mass is 606 g/mol. The number of carbonyl (C=O) groups is 4. The van der Waals surface area contributed by atoms with Crippen LogP contribution in [-0.4, -0.2) is 60.6 Å². The molecule has 1 heterocycles. The number of primary amides is 1. The van der Waals surface area contributed by atoms with Crippen molar-refractivity contribution < 1.29 is 28.7 Å². The standard InChI is InChI=1S/C19H29NO2S.C12H21N3O4/c1-4-5-6-7-8-9-10-11-16(2)19(21)20-23-18-14-12-17(22-3)13-15-18;1-12(2,3)19-11(18)14-7-9(16)15-6-4-5-8(15)10(13)17/h8-9,12-16H,4-7,10-11H2,1-3H3,(H,20,21);8H,4-7H2,1-3H3,(H2,13,17)(H,14,18)/b9-8-;. The van der Waals surface area contributed by atoms with Crippen molar-refractivity contribution in [2.45, 2.75) is 103 Å². The molecule has 0 aromatic heterocycles. The summed E-state index contributed by atoms with van der Waals surface area (Å²) in [5, 5.41) is 2.37. The summed E-state index contributed by atoms with van der Waals surface area (Å²) < 4.78 is 13.0. The third kappa shape index (κ3) is 15.7. The predicted molar refractivity (Wildman–Crippen MR) is 167 cm³/mol. The topological polar surface area (TPSA) is 140 Å². The predicted octanol–water partition coefficient (Wildman–Crippen LogP) is 5.36. The van der Waals surface area contributed by atoms with Gasteiger partial charge in [0.15, 0.2) is 0 Å². The van der Waals surface area contributed by atoms with E-state index in [4.69, 9.17) is 15.2 Å². The van der Waals surface area contributed by atoms with E-state index in [1.807, 2.05) is 31.2 Å². The number of allylic oxidation sites excluding steroid dienone is 2. The molecule has 4 amide bonds. The summed E-state index contributed by atoms with van der Waals surface area (Å²) in [5.41, 5.74) is 4.61. The number of methoxy groups -OCH3 is 1. The Balaban J connectivity index is 0.000000428. The van der Waals surface area contributed by atoms with Crippen molar-refractivity contribution in [1.29, 1.82) is 0 Å². The first-order valence-electron chi connectivity index (χ1n) is 14.7. The first-order chi connectivity index (χ1) is 19.9. The first kappa shape index (κ1) is 36.8. The summed E-state index contributed by atoms with van der Waals surface area (Å²) in [4.78, 5) is 48.9. The molecule has 1 aliphatic heterocycles. The Hall–Kier alpha value is -3.21. The van der Waals surface area contributed by atoms with Crippen LogP contribution in [0.3, 0.4) is 0 Å². The van der Waals surface area contributed by atoms with Gasteiger partial charge in [-0.1, -0.05) is 38.8 Å². The molecule has 0 radical (unpaired) electrons. The number of hydrogen-bond donors (Lipinski definition) is 3. The van der Waals surface area contributed by atoms with Crippen LogP contribution in [0.1, 0.15) is 86.0 Å². The van der Waals surface area contributed by atoms with Crippen molar-refractivity contribution in [1.82, 2.24) is 14.9 Å². The van der Waals surface area contributed by atoms with Crippen LogP contribution in [-0.2, 0) is 19.1 Å². The van der Waals surface area contributed by atoms with Gasteiger partial charge in [-0.05, 0) is 95.5 Å². The summed E-state index contributed by atoms with van der Waals surface area (Å²) >= 11 is 1.36. The van der Waals surface area contributed by atoms with Gasteiger partial charge in [0.2, 0.25) is 17.7 Å². The quantitative estimate of drug-likeness (QED) is 0.147. The summed E-state index contributed by atoms with van der Waals surface area (Å²) in [6, 6.07) is 7.09. The number of unbranched alkanes of at least 4 members (excludes halogenated alkanes) is 3. The van der Waals surface area contributed by atoms with Crippen LogP contribution in [0.15, 0.2) is 41.3 Å². The van der Waals surface area contributed by atoms with Crippen LogP contribution in [0.5, 0.6) is 5.75 Å². The van der Waals surface area contributed by atoms with Crippen LogP contribution < -0.4 is 20.5 Å². The van der Waals surface area contributed by atoms with E-state index < -0.39 is 23.6 Å². The van der Waals surface area contributed by atoms with Crippen molar-refractivity contribution in [3.05, 3.63) is 36.4 Å². The number of benzene rings is 1. The van der Waals surface area contributed by atoms with Gasteiger partial charge in [-0.2, -0.15) is 0 Å². The lowest BCUT2D eigenvalue weighted by Crippen LogP contribution is -2.48. The summed E-state index contributed by atoms with van der Waals surface area (Å²) in [6.45, 7) is 9.69. The van der Waals surface area contributed by atoms with E-state index >= 15 is 0 Å². The van der Waals surface area contributed by atoms with Crippen molar-refractivity contribution in [3.8, 4) is 5.75 Å². The molecule has 2 atom stereocenters. The highest BCUT2D eigenvalue weighted by atomic mass is 32.2. The maximum atomic E-state index is 12.1.